The Kier molecular flexibility index (Phi) is 9.66. The smallest absolute Gasteiger partial charge is 0.407 e. The van der Waals surface area contributed by atoms with Crippen molar-refractivity contribution in [2.45, 2.75) is 18.4 Å². The lowest BCUT2D eigenvalue weighted by Crippen LogP contribution is -2.51. The number of benzene rings is 3. The summed E-state index contributed by atoms with van der Waals surface area (Å²) in [4.78, 5) is 60.2. The van der Waals surface area contributed by atoms with Crippen molar-refractivity contribution in [2.24, 2.45) is 0 Å². The van der Waals surface area contributed by atoms with Crippen LogP contribution in [0.1, 0.15) is 22.6 Å². The minimum absolute atomic E-state index is 0.0939. The Morgan fingerprint density at radius 2 is 1.29 bits per heavy atom. The van der Waals surface area contributed by atoms with Crippen molar-refractivity contribution in [3.8, 4) is 11.1 Å². The van der Waals surface area contributed by atoms with Gasteiger partial charge in [-0.05, 0) is 27.8 Å². The summed E-state index contributed by atoms with van der Waals surface area (Å²) in [6, 6.07) is 23.7. The maximum atomic E-state index is 12.5. The Morgan fingerprint density at radius 3 is 1.93 bits per heavy atom. The molecule has 1 atom stereocenters. The molecule has 11 nitrogen and oxygen atoms in total. The number of nitrogens with one attached hydrogen (secondary N) is 4. The molecule has 0 aliphatic heterocycles. The Balaban J connectivity index is 1.22. The fourth-order valence-electron chi connectivity index (χ4n) is 4.63. The molecule has 0 fully saturated rings. The largest absolute Gasteiger partial charge is 0.480 e. The zero-order chi connectivity index (χ0) is 29.2. The van der Waals surface area contributed by atoms with Gasteiger partial charge in [-0.15, -0.1) is 0 Å². The SMILES string of the molecule is O=C(O)CNC(=O)C(Cc1ccccc1)NC(=O)CNC(=O)CNC(=O)OCC1c2ccccc2-c2ccccc21. The fourth-order valence-corrected chi connectivity index (χ4v) is 4.63. The highest BCUT2D eigenvalue weighted by molar-refractivity contribution is 5.92. The highest BCUT2D eigenvalue weighted by Crippen LogP contribution is 2.44. The van der Waals surface area contributed by atoms with Crippen LogP contribution < -0.4 is 21.3 Å². The summed E-state index contributed by atoms with van der Waals surface area (Å²) >= 11 is 0. The van der Waals surface area contributed by atoms with E-state index < -0.39 is 55.5 Å². The fraction of sp³-hybridized carbons (Fsp3) is 0.233. The molecule has 41 heavy (non-hydrogen) atoms. The monoisotopic (exact) mass is 558 g/mol. The number of carbonyl (C=O) groups is 5. The van der Waals surface area contributed by atoms with E-state index in [-0.39, 0.29) is 18.9 Å². The van der Waals surface area contributed by atoms with E-state index in [4.69, 9.17) is 9.84 Å². The summed E-state index contributed by atoms with van der Waals surface area (Å²) in [6.07, 6.45) is -0.653. The van der Waals surface area contributed by atoms with Crippen LogP contribution in [0.25, 0.3) is 11.1 Å². The van der Waals surface area contributed by atoms with Gasteiger partial charge >= 0.3 is 12.1 Å². The van der Waals surface area contributed by atoms with Gasteiger partial charge in [-0.1, -0.05) is 78.9 Å². The van der Waals surface area contributed by atoms with Crippen LogP contribution in [0.5, 0.6) is 0 Å². The van der Waals surface area contributed by atoms with Gasteiger partial charge in [-0.3, -0.25) is 19.2 Å². The van der Waals surface area contributed by atoms with Crippen molar-refractivity contribution in [1.29, 1.82) is 0 Å². The molecule has 0 spiro atoms. The van der Waals surface area contributed by atoms with Crippen molar-refractivity contribution in [3.05, 3.63) is 95.6 Å². The molecule has 1 aliphatic carbocycles. The van der Waals surface area contributed by atoms with E-state index >= 15 is 0 Å². The molecule has 5 N–H and O–H groups in total. The predicted octanol–water partition coefficient (Wildman–Crippen LogP) is 1.57. The van der Waals surface area contributed by atoms with Gasteiger partial charge in [0.25, 0.3) is 0 Å². The molecule has 0 saturated carbocycles. The summed E-state index contributed by atoms with van der Waals surface area (Å²) < 4.78 is 5.40. The number of ether oxygens (including phenoxy) is 1. The van der Waals surface area contributed by atoms with Crippen molar-refractivity contribution in [2.75, 3.05) is 26.2 Å². The molecule has 0 radical (unpaired) electrons. The van der Waals surface area contributed by atoms with Gasteiger partial charge in [-0.2, -0.15) is 0 Å². The van der Waals surface area contributed by atoms with Crippen LogP contribution >= 0.6 is 0 Å². The van der Waals surface area contributed by atoms with Crippen LogP contribution in [0.4, 0.5) is 4.79 Å². The first-order valence-corrected chi connectivity index (χ1v) is 13.0. The lowest BCUT2D eigenvalue weighted by atomic mass is 9.98. The number of hydrogen-bond donors (Lipinski definition) is 5. The minimum Gasteiger partial charge on any atom is -0.480 e. The number of alkyl carbamates (subject to hydrolysis) is 1. The first kappa shape index (κ1) is 28.8. The van der Waals surface area contributed by atoms with Gasteiger partial charge < -0.3 is 31.1 Å². The van der Waals surface area contributed by atoms with Gasteiger partial charge in [-0.25, -0.2) is 4.79 Å². The molecule has 4 rings (SSSR count). The molecule has 0 heterocycles. The topological polar surface area (TPSA) is 163 Å². The van der Waals surface area contributed by atoms with Gasteiger partial charge in [0.15, 0.2) is 0 Å². The second kappa shape index (κ2) is 13.7. The molecule has 11 heteroatoms. The summed E-state index contributed by atoms with van der Waals surface area (Å²) in [6.45, 7) is -1.38. The molecule has 0 bridgehead atoms. The van der Waals surface area contributed by atoms with E-state index in [0.29, 0.717) is 0 Å². The van der Waals surface area contributed by atoms with E-state index in [1.54, 1.807) is 30.3 Å². The number of hydrogen-bond acceptors (Lipinski definition) is 6. The van der Waals surface area contributed by atoms with Crippen molar-refractivity contribution >= 4 is 29.8 Å². The maximum Gasteiger partial charge on any atom is 0.407 e. The maximum absolute atomic E-state index is 12.5. The van der Waals surface area contributed by atoms with Crippen LogP contribution in [0.2, 0.25) is 0 Å². The number of carboxylic acid groups (broad SMARTS) is 1. The molecule has 1 unspecified atom stereocenters. The molecule has 3 aromatic rings. The van der Waals surface area contributed by atoms with Crippen LogP contribution in [-0.2, 0) is 30.3 Å². The number of carbonyl (C=O) groups excluding carboxylic acids is 4. The Morgan fingerprint density at radius 1 is 0.707 bits per heavy atom. The van der Waals surface area contributed by atoms with Crippen molar-refractivity contribution in [3.63, 3.8) is 0 Å². The molecule has 3 aromatic carbocycles. The Labute approximate surface area is 236 Å². The molecule has 4 amide bonds. The molecule has 212 valence electrons. The van der Waals surface area contributed by atoms with E-state index in [1.165, 1.54) is 0 Å². The molecule has 1 aliphatic rings. The first-order chi connectivity index (χ1) is 19.8. The average Bonchev–Trinajstić information content (AvgIpc) is 3.30. The first-order valence-electron chi connectivity index (χ1n) is 13.0. The molecular weight excluding hydrogens is 528 g/mol. The number of amides is 4. The number of fused-ring (bicyclic) bond motifs is 3. The standard InChI is InChI=1S/C30H30N4O7/c35-26(31-16-27(36)34-25(29(39)32-17-28(37)38)14-19-8-2-1-3-9-19)15-33-30(40)41-18-24-22-12-6-4-10-20(22)21-11-5-7-13-23(21)24/h1-13,24-25H,14-18H2,(H,31,35)(H,32,39)(H,33,40)(H,34,36)(H,37,38). The Bertz CT molecular complexity index is 1380. The highest BCUT2D eigenvalue weighted by atomic mass is 16.5. The van der Waals surface area contributed by atoms with Gasteiger partial charge in [0.2, 0.25) is 17.7 Å². The second-order valence-corrected chi connectivity index (χ2v) is 9.38. The van der Waals surface area contributed by atoms with Crippen molar-refractivity contribution < 1.29 is 33.8 Å². The highest BCUT2D eigenvalue weighted by Gasteiger charge is 2.29. The van der Waals surface area contributed by atoms with Gasteiger partial charge in [0.05, 0.1) is 6.54 Å². The second-order valence-electron chi connectivity index (χ2n) is 9.38. The summed E-state index contributed by atoms with van der Waals surface area (Å²) in [5.41, 5.74) is 5.07. The number of carboxylic acids is 1. The van der Waals surface area contributed by atoms with Gasteiger partial charge in [0, 0.05) is 12.3 Å². The number of rotatable bonds is 12. The van der Waals surface area contributed by atoms with Gasteiger partial charge in [0.1, 0.15) is 25.7 Å². The lowest BCUT2D eigenvalue weighted by molar-refractivity contribution is -0.138. The summed E-state index contributed by atoms with van der Waals surface area (Å²) in [7, 11) is 0. The normalized spacial score (nSPS) is 12.3. The quantitative estimate of drug-likeness (QED) is 0.225. The van der Waals surface area contributed by atoms with Crippen LogP contribution in [0.3, 0.4) is 0 Å². The van der Waals surface area contributed by atoms with Crippen LogP contribution in [-0.4, -0.2) is 67.2 Å². The summed E-state index contributed by atoms with van der Waals surface area (Å²) in [5.74, 6) is -3.32. The third-order valence-electron chi connectivity index (χ3n) is 6.53. The molecule has 0 saturated heterocycles. The average molecular weight is 559 g/mol. The third kappa shape index (κ3) is 7.91. The number of aliphatic carboxylic acids is 1. The van der Waals surface area contributed by atoms with Crippen LogP contribution in [0, 0.1) is 0 Å². The zero-order valence-corrected chi connectivity index (χ0v) is 22.1. The van der Waals surface area contributed by atoms with Crippen LogP contribution in [0.15, 0.2) is 78.9 Å². The Hall–Kier alpha value is -5.19. The molecular formula is C30H30N4O7. The zero-order valence-electron chi connectivity index (χ0n) is 22.1. The van der Waals surface area contributed by atoms with E-state index in [9.17, 15) is 24.0 Å². The molecule has 0 aromatic heterocycles. The van der Waals surface area contributed by atoms with E-state index in [2.05, 4.69) is 21.3 Å². The predicted molar refractivity (Wildman–Crippen MR) is 149 cm³/mol. The van der Waals surface area contributed by atoms with E-state index in [1.807, 2.05) is 48.5 Å². The third-order valence-corrected chi connectivity index (χ3v) is 6.53. The lowest BCUT2D eigenvalue weighted by Gasteiger charge is -2.18. The van der Waals surface area contributed by atoms with E-state index in [0.717, 1.165) is 27.8 Å². The summed E-state index contributed by atoms with van der Waals surface area (Å²) in [5, 5.41) is 18.3. The minimum atomic E-state index is -1.22. The van der Waals surface area contributed by atoms with Crippen molar-refractivity contribution in [1.82, 2.24) is 21.3 Å².